The zero-order valence-electron chi connectivity index (χ0n) is 7.49. The van der Waals surface area contributed by atoms with Crippen molar-refractivity contribution in [3.63, 3.8) is 0 Å². The Morgan fingerprint density at radius 1 is 0.929 bits per heavy atom. The fourth-order valence-electron chi connectivity index (χ4n) is 1.91. The van der Waals surface area contributed by atoms with Gasteiger partial charge in [-0.1, -0.05) is 24.3 Å². The molecule has 0 amide bonds. The van der Waals surface area contributed by atoms with E-state index in [1.54, 1.807) is 0 Å². The summed E-state index contributed by atoms with van der Waals surface area (Å²) in [7, 11) is 0. The third-order valence-corrected chi connectivity index (χ3v) is 2.75. The molecule has 2 nitrogen and oxygen atoms in total. The molecule has 0 radical (unpaired) electrons. The van der Waals surface area contributed by atoms with Crippen LogP contribution in [0.5, 0.6) is 0 Å². The van der Waals surface area contributed by atoms with Crippen LogP contribution in [0, 0.1) is 0 Å². The molecule has 0 aliphatic carbocycles. The molecule has 70 valence electrons. The molecule has 3 rings (SSSR count). The van der Waals surface area contributed by atoms with Crippen molar-refractivity contribution in [3.05, 3.63) is 36.4 Å². The second kappa shape index (κ2) is 2.82. The molecule has 3 heteroatoms. The lowest BCUT2D eigenvalue weighted by Crippen LogP contribution is -2.25. The summed E-state index contributed by atoms with van der Waals surface area (Å²) in [6.45, 7) is 0. The topological polar surface area (TPSA) is 24.1 Å². The maximum Gasteiger partial charge on any atom is 0.142 e. The van der Waals surface area contributed by atoms with E-state index in [1.807, 2.05) is 0 Å². The molecular weight excluding hydrogens is 192 g/mol. The van der Waals surface area contributed by atoms with Gasteiger partial charge in [-0.2, -0.15) is 0 Å². The zero-order valence-corrected chi connectivity index (χ0v) is 8.38. The summed E-state index contributed by atoms with van der Waals surface area (Å²) in [5.41, 5.74) is 2.30. The highest BCUT2D eigenvalue weighted by Crippen LogP contribution is 2.34. The van der Waals surface area contributed by atoms with Gasteiger partial charge in [0.2, 0.25) is 0 Å². The van der Waals surface area contributed by atoms with Crippen LogP contribution in [0.3, 0.4) is 0 Å². The number of nitrogens with one attached hydrogen (secondary N) is 2. The first kappa shape index (κ1) is 8.00. The largest absolute Gasteiger partial charge is 0.356 e. The first-order valence-corrected chi connectivity index (χ1v) is 5.09. The number of thiol groups is 1. The van der Waals surface area contributed by atoms with E-state index in [4.69, 9.17) is 0 Å². The van der Waals surface area contributed by atoms with E-state index in [-0.39, 0.29) is 5.50 Å². The molecule has 14 heavy (non-hydrogen) atoms. The molecule has 0 spiro atoms. The molecule has 2 aromatic carbocycles. The van der Waals surface area contributed by atoms with Crippen LogP contribution in [0.4, 0.5) is 11.4 Å². The van der Waals surface area contributed by atoms with E-state index in [0.29, 0.717) is 0 Å². The summed E-state index contributed by atoms with van der Waals surface area (Å²) < 4.78 is 0. The van der Waals surface area contributed by atoms with Crippen molar-refractivity contribution in [2.45, 2.75) is 5.50 Å². The van der Waals surface area contributed by atoms with Gasteiger partial charge in [0.15, 0.2) is 0 Å². The molecule has 0 bridgehead atoms. The minimum Gasteiger partial charge on any atom is -0.356 e. The molecule has 1 heterocycles. The predicted octanol–water partition coefficient (Wildman–Crippen LogP) is 2.89. The lowest BCUT2D eigenvalue weighted by molar-refractivity contribution is 1.14. The Morgan fingerprint density at radius 2 is 1.50 bits per heavy atom. The van der Waals surface area contributed by atoms with Crippen molar-refractivity contribution in [2.75, 3.05) is 10.6 Å². The molecule has 0 atom stereocenters. The average Bonchev–Trinajstić information content (AvgIpc) is 2.18. The van der Waals surface area contributed by atoms with Crippen molar-refractivity contribution in [1.29, 1.82) is 0 Å². The van der Waals surface area contributed by atoms with Gasteiger partial charge in [-0.25, -0.2) is 0 Å². The number of benzene rings is 2. The molecule has 2 N–H and O–H groups in total. The lowest BCUT2D eigenvalue weighted by Gasteiger charge is -2.25. The molecule has 0 fully saturated rings. The number of hydrogen-bond acceptors (Lipinski definition) is 3. The molecule has 0 saturated heterocycles. The first-order valence-electron chi connectivity index (χ1n) is 4.57. The van der Waals surface area contributed by atoms with Crippen LogP contribution in [0.1, 0.15) is 0 Å². The van der Waals surface area contributed by atoms with E-state index >= 15 is 0 Å². The summed E-state index contributed by atoms with van der Waals surface area (Å²) in [5.74, 6) is 0. The zero-order chi connectivity index (χ0) is 9.54. The van der Waals surface area contributed by atoms with Gasteiger partial charge in [-0.05, 0) is 17.5 Å². The Kier molecular flexibility index (Phi) is 1.61. The highest BCUT2D eigenvalue weighted by atomic mass is 32.1. The van der Waals surface area contributed by atoms with Crippen LogP contribution >= 0.6 is 12.6 Å². The summed E-state index contributed by atoms with van der Waals surface area (Å²) in [6, 6.07) is 12.5. The lowest BCUT2D eigenvalue weighted by atomic mass is 10.1. The fraction of sp³-hybridized carbons (Fsp3) is 0.0909. The second-order valence-electron chi connectivity index (χ2n) is 3.40. The van der Waals surface area contributed by atoms with E-state index in [2.05, 4.69) is 59.7 Å². The molecule has 0 aromatic heterocycles. The van der Waals surface area contributed by atoms with Crippen molar-refractivity contribution >= 4 is 34.8 Å². The number of anilines is 2. The van der Waals surface area contributed by atoms with Crippen LogP contribution in [0.25, 0.3) is 10.8 Å². The van der Waals surface area contributed by atoms with Crippen LogP contribution in [0.2, 0.25) is 0 Å². The van der Waals surface area contributed by atoms with Crippen LogP contribution in [-0.4, -0.2) is 5.50 Å². The van der Waals surface area contributed by atoms with Gasteiger partial charge in [0, 0.05) is 16.8 Å². The van der Waals surface area contributed by atoms with Gasteiger partial charge in [0.05, 0.1) is 0 Å². The van der Waals surface area contributed by atoms with Gasteiger partial charge in [0.25, 0.3) is 0 Å². The van der Waals surface area contributed by atoms with Crippen LogP contribution < -0.4 is 10.6 Å². The Hall–Kier alpha value is -1.35. The van der Waals surface area contributed by atoms with Gasteiger partial charge < -0.3 is 10.6 Å². The van der Waals surface area contributed by atoms with E-state index in [0.717, 1.165) is 11.4 Å². The minimum absolute atomic E-state index is 0.00417. The summed E-state index contributed by atoms with van der Waals surface area (Å²) >= 11 is 4.37. The van der Waals surface area contributed by atoms with Crippen molar-refractivity contribution in [2.24, 2.45) is 0 Å². The molecule has 0 unspecified atom stereocenters. The van der Waals surface area contributed by atoms with Gasteiger partial charge >= 0.3 is 0 Å². The number of rotatable bonds is 0. The molecule has 1 aliphatic rings. The SMILES string of the molecule is SC1Nc2cccc3cccc(c23)N1. The summed E-state index contributed by atoms with van der Waals surface area (Å²) in [4.78, 5) is 0. The van der Waals surface area contributed by atoms with Gasteiger partial charge in [-0.15, -0.1) is 12.6 Å². The van der Waals surface area contributed by atoms with E-state index in [1.165, 1.54) is 10.8 Å². The Balaban J connectivity index is 2.40. The third-order valence-electron chi connectivity index (χ3n) is 2.49. The average molecular weight is 202 g/mol. The Labute approximate surface area is 87.7 Å². The minimum atomic E-state index is -0.00417. The fourth-order valence-corrected chi connectivity index (χ4v) is 2.19. The van der Waals surface area contributed by atoms with Gasteiger partial charge in [-0.3, -0.25) is 0 Å². The predicted molar refractivity (Wildman–Crippen MR) is 64.0 cm³/mol. The molecule has 2 aromatic rings. The smallest absolute Gasteiger partial charge is 0.142 e. The van der Waals surface area contributed by atoms with Crippen molar-refractivity contribution in [3.8, 4) is 0 Å². The van der Waals surface area contributed by atoms with Crippen LogP contribution in [-0.2, 0) is 0 Å². The quantitative estimate of drug-likeness (QED) is 0.572. The second-order valence-corrected chi connectivity index (χ2v) is 3.92. The van der Waals surface area contributed by atoms with Gasteiger partial charge in [0.1, 0.15) is 5.50 Å². The standard InChI is InChI=1S/C11H10N2S/c14-11-12-8-5-1-3-7-4-2-6-9(13-11)10(7)8/h1-6,11-14H. The Morgan fingerprint density at radius 3 is 2.07 bits per heavy atom. The maximum absolute atomic E-state index is 4.37. The summed E-state index contributed by atoms with van der Waals surface area (Å²) in [5, 5.41) is 9.05. The first-order chi connectivity index (χ1) is 6.84. The number of hydrogen-bond donors (Lipinski definition) is 3. The van der Waals surface area contributed by atoms with E-state index < -0.39 is 0 Å². The normalized spacial score (nSPS) is 14.9. The van der Waals surface area contributed by atoms with Crippen LogP contribution in [0.15, 0.2) is 36.4 Å². The third kappa shape index (κ3) is 1.06. The maximum atomic E-state index is 4.37. The molecule has 1 aliphatic heterocycles. The van der Waals surface area contributed by atoms with E-state index in [9.17, 15) is 0 Å². The summed E-state index contributed by atoms with van der Waals surface area (Å²) in [6.07, 6.45) is 0. The highest BCUT2D eigenvalue weighted by molar-refractivity contribution is 7.81. The highest BCUT2D eigenvalue weighted by Gasteiger charge is 2.14. The monoisotopic (exact) mass is 202 g/mol. The molecular formula is C11H10N2S. The molecule has 0 saturated carbocycles. The van der Waals surface area contributed by atoms with Crippen molar-refractivity contribution in [1.82, 2.24) is 0 Å². The Bertz CT molecular complexity index is 455. The van der Waals surface area contributed by atoms with Crippen molar-refractivity contribution < 1.29 is 0 Å².